The van der Waals surface area contributed by atoms with Gasteiger partial charge in [-0.2, -0.15) is 0 Å². The summed E-state index contributed by atoms with van der Waals surface area (Å²) in [7, 11) is 0. The highest BCUT2D eigenvalue weighted by Gasteiger charge is 2.31. The number of ether oxygens (including phenoxy) is 1. The van der Waals surface area contributed by atoms with Crippen molar-refractivity contribution in [2.45, 2.75) is 45.3 Å². The van der Waals surface area contributed by atoms with E-state index in [1.165, 1.54) is 4.90 Å². The molecule has 1 fully saturated rings. The number of nitrogens with zero attached hydrogens (tertiary/aromatic N) is 1. The van der Waals surface area contributed by atoms with Gasteiger partial charge in [-0.25, -0.2) is 9.59 Å². The number of hydrogen-bond donors (Lipinski definition) is 1. The molecular weight excluding hydrogens is 222 g/mol. The molecule has 1 aliphatic rings. The molecule has 17 heavy (non-hydrogen) atoms. The molecule has 1 rings (SSSR count). The number of carboxylic acid groups (broad SMARTS) is 1. The molecule has 0 aliphatic carbocycles. The van der Waals surface area contributed by atoms with Gasteiger partial charge in [0.15, 0.2) is 0 Å². The second-order valence-corrected chi connectivity index (χ2v) is 4.91. The zero-order valence-corrected chi connectivity index (χ0v) is 10.3. The Morgan fingerprint density at radius 2 is 2.06 bits per heavy atom. The van der Waals surface area contributed by atoms with Gasteiger partial charge in [0, 0.05) is 12.5 Å². The Bertz CT molecular complexity index is 372. The van der Waals surface area contributed by atoms with Crippen LogP contribution < -0.4 is 0 Å². The Labute approximate surface area is 101 Å². The van der Waals surface area contributed by atoms with Crippen LogP contribution in [0.4, 0.5) is 4.79 Å². The molecule has 1 N–H and O–H groups in total. The normalized spacial score (nSPS) is 19.5. The van der Waals surface area contributed by atoms with Gasteiger partial charge >= 0.3 is 12.1 Å². The molecule has 1 amide bonds. The van der Waals surface area contributed by atoms with Crippen LogP contribution in [-0.2, 0) is 9.53 Å². The predicted octanol–water partition coefficient (Wildman–Crippen LogP) is 1.47. The highest BCUT2D eigenvalue weighted by Crippen LogP contribution is 2.20. The Hall–Kier alpha value is -1.70. The Kier molecular flexibility index (Phi) is 4.00. The standard InChI is InChI=1S/C12H17NO4/c1-12(2,3)17-11(16)13-8-4-5-9(13)6-7-10(14)15/h9H,4-5,8H2,1-3H3,(H,14,15). The van der Waals surface area contributed by atoms with Crippen LogP contribution in [0.5, 0.6) is 0 Å². The number of carbonyl (C=O) groups excluding carboxylic acids is 1. The van der Waals surface area contributed by atoms with Crippen molar-refractivity contribution in [2.75, 3.05) is 6.54 Å². The van der Waals surface area contributed by atoms with Crippen molar-refractivity contribution in [3.8, 4) is 11.8 Å². The van der Waals surface area contributed by atoms with Gasteiger partial charge in [-0.1, -0.05) is 5.92 Å². The Balaban J connectivity index is 2.67. The fraction of sp³-hybridized carbons (Fsp3) is 0.667. The second kappa shape index (κ2) is 5.09. The zero-order valence-electron chi connectivity index (χ0n) is 10.3. The predicted molar refractivity (Wildman–Crippen MR) is 61.4 cm³/mol. The number of amides is 1. The first-order valence-corrected chi connectivity index (χ1v) is 5.54. The highest BCUT2D eigenvalue weighted by molar-refractivity contribution is 5.86. The van der Waals surface area contributed by atoms with Crippen molar-refractivity contribution in [2.24, 2.45) is 0 Å². The molecule has 0 saturated carbocycles. The van der Waals surface area contributed by atoms with Gasteiger partial charge in [0.05, 0.1) is 6.04 Å². The van der Waals surface area contributed by atoms with Crippen LogP contribution in [0, 0.1) is 11.8 Å². The van der Waals surface area contributed by atoms with E-state index in [9.17, 15) is 9.59 Å². The van der Waals surface area contributed by atoms with Gasteiger partial charge in [0.2, 0.25) is 0 Å². The average molecular weight is 239 g/mol. The van der Waals surface area contributed by atoms with Gasteiger partial charge in [-0.3, -0.25) is 4.90 Å². The Morgan fingerprint density at radius 1 is 1.41 bits per heavy atom. The molecule has 1 aliphatic heterocycles. The van der Waals surface area contributed by atoms with E-state index in [0.717, 1.165) is 6.42 Å². The highest BCUT2D eigenvalue weighted by atomic mass is 16.6. The van der Waals surface area contributed by atoms with Gasteiger partial charge in [0.1, 0.15) is 5.60 Å². The molecule has 0 aromatic rings. The summed E-state index contributed by atoms with van der Waals surface area (Å²) in [4.78, 5) is 23.6. The van der Waals surface area contributed by atoms with Crippen molar-refractivity contribution < 1.29 is 19.4 Å². The number of carboxylic acids is 1. The zero-order chi connectivity index (χ0) is 13.1. The number of rotatable bonds is 0. The summed E-state index contributed by atoms with van der Waals surface area (Å²) in [5, 5.41) is 8.48. The molecular formula is C12H17NO4. The summed E-state index contributed by atoms with van der Waals surface area (Å²) >= 11 is 0. The third-order valence-electron chi connectivity index (χ3n) is 2.23. The van der Waals surface area contributed by atoms with E-state index in [0.29, 0.717) is 13.0 Å². The van der Waals surface area contributed by atoms with E-state index in [2.05, 4.69) is 11.8 Å². The summed E-state index contributed by atoms with van der Waals surface area (Å²) in [5.74, 6) is 3.45. The van der Waals surface area contributed by atoms with Crippen LogP contribution in [0.3, 0.4) is 0 Å². The summed E-state index contributed by atoms with van der Waals surface area (Å²) in [6, 6.07) is -0.346. The van der Waals surface area contributed by atoms with Gasteiger partial charge in [-0.15, -0.1) is 0 Å². The first-order valence-electron chi connectivity index (χ1n) is 5.54. The summed E-state index contributed by atoms with van der Waals surface area (Å²) in [5.41, 5.74) is -0.551. The molecule has 1 saturated heterocycles. The largest absolute Gasteiger partial charge is 0.472 e. The first kappa shape index (κ1) is 13.4. The van der Waals surface area contributed by atoms with Crippen molar-refractivity contribution in [3.63, 3.8) is 0 Å². The molecule has 0 radical (unpaired) electrons. The monoisotopic (exact) mass is 239 g/mol. The molecule has 0 aromatic carbocycles. The Morgan fingerprint density at radius 3 is 2.59 bits per heavy atom. The van der Waals surface area contributed by atoms with E-state index < -0.39 is 17.7 Å². The lowest BCUT2D eigenvalue weighted by Crippen LogP contribution is -2.39. The number of hydrogen-bond acceptors (Lipinski definition) is 3. The minimum atomic E-state index is -1.18. The van der Waals surface area contributed by atoms with Crippen LogP contribution in [0.25, 0.3) is 0 Å². The maximum atomic E-state index is 11.8. The molecule has 1 unspecified atom stereocenters. The number of likely N-dealkylation sites (tertiary alicyclic amines) is 1. The third kappa shape index (κ3) is 4.35. The van der Waals surface area contributed by atoms with Crippen molar-refractivity contribution in [1.29, 1.82) is 0 Å². The fourth-order valence-corrected chi connectivity index (χ4v) is 1.60. The SMILES string of the molecule is CC(C)(C)OC(=O)N1CCCC1C#CC(=O)O. The average Bonchev–Trinajstić information content (AvgIpc) is 2.59. The minimum Gasteiger partial charge on any atom is -0.472 e. The molecule has 0 aromatic heterocycles. The van der Waals surface area contributed by atoms with Crippen molar-refractivity contribution in [1.82, 2.24) is 4.90 Å². The molecule has 5 heteroatoms. The van der Waals surface area contributed by atoms with E-state index >= 15 is 0 Å². The van der Waals surface area contributed by atoms with E-state index in [4.69, 9.17) is 9.84 Å². The number of aliphatic carboxylic acids is 1. The van der Waals surface area contributed by atoms with E-state index in [1.54, 1.807) is 20.8 Å². The quantitative estimate of drug-likeness (QED) is 0.650. The van der Waals surface area contributed by atoms with Crippen LogP contribution in [0.15, 0.2) is 0 Å². The maximum absolute atomic E-state index is 11.8. The smallest absolute Gasteiger partial charge is 0.411 e. The maximum Gasteiger partial charge on any atom is 0.411 e. The molecule has 5 nitrogen and oxygen atoms in total. The lowest BCUT2D eigenvalue weighted by molar-refractivity contribution is -0.130. The number of carbonyl (C=O) groups is 2. The van der Waals surface area contributed by atoms with Crippen molar-refractivity contribution >= 4 is 12.1 Å². The topological polar surface area (TPSA) is 66.8 Å². The molecule has 0 spiro atoms. The van der Waals surface area contributed by atoms with Crippen LogP contribution in [0.1, 0.15) is 33.6 Å². The molecule has 1 heterocycles. The summed E-state index contributed by atoms with van der Waals surface area (Å²) in [6.07, 6.45) is 1.08. The lowest BCUT2D eigenvalue weighted by atomic mass is 10.2. The fourth-order valence-electron chi connectivity index (χ4n) is 1.60. The summed E-state index contributed by atoms with van der Waals surface area (Å²) in [6.45, 7) is 5.94. The molecule has 94 valence electrons. The van der Waals surface area contributed by atoms with Crippen LogP contribution in [0.2, 0.25) is 0 Å². The van der Waals surface area contributed by atoms with E-state index in [1.807, 2.05) is 0 Å². The van der Waals surface area contributed by atoms with Crippen molar-refractivity contribution in [3.05, 3.63) is 0 Å². The van der Waals surface area contributed by atoms with Gasteiger partial charge < -0.3 is 9.84 Å². The summed E-state index contributed by atoms with van der Waals surface area (Å²) < 4.78 is 5.23. The lowest BCUT2D eigenvalue weighted by Gasteiger charge is -2.26. The second-order valence-electron chi connectivity index (χ2n) is 4.91. The van der Waals surface area contributed by atoms with E-state index in [-0.39, 0.29) is 6.04 Å². The third-order valence-corrected chi connectivity index (χ3v) is 2.23. The van der Waals surface area contributed by atoms with Gasteiger partial charge in [0.25, 0.3) is 0 Å². The first-order chi connectivity index (χ1) is 7.79. The molecule has 0 bridgehead atoms. The van der Waals surface area contributed by atoms with Gasteiger partial charge in [-0.05, 0) is 33.6 Å². The van der Waals surface area contributed by atoms with Crippen LogP contribution >= 0.6 is 0 Å². The molecule has 1 atom stereocenters. The van der Waals surface area contributed by atoms with Crippen LogP contribution in [-0.4, -0.2) is 40.3 Å². The minimum absolute atomic E-state index is 0.346.